The second-order valence-electron chi connectivity index (χ2n) is 5.55. The fourth-order valence-corrected chi connectivity index (χ4v) is 3.02. The molecule has 1 N–H and O–H groups in total. The van der Waals surface area contributed by atoms with Crippen molar-refractivity contribution in [3.63, 3.8) is 0 Å². The van der Waals surface area contributed by atoms with Crippen LogP contribution in [0.1, 0.15) is 12.6 Å². The van der Waals surface area contributed by atoms with Gasteiger partial charge in [-0.1, -0.05) is 12.1 Å². The predicted octanol–water partition coefficient (Wildman–Crippen LogP) is 4.66. The topological polar surface area (TPSA) is 51.2 Å². The highest BCUT2D eigenvalue weighted by molar-refractivity contribution is 7.13. The van der Waals surface area contributed by atoms with E-state index in [1.807, 2.05) is 24.4 Å². The number of benzene rings is 2. The summed E-state index contributed by atoms with van der Waals surface area (Å²) >= 11 is 1.58. The first-order valence-corrected chi connectivity index (χ1v) is 8.65. The Morgan fingerprint density at radius 2 is 1.92 bits per heavy atom. The molecule has 1 aromatic heterocycles. The van der Waals surface area contributed by atoms with Crippen LogP contribution in [-0.2, 0) is 4.79 Å². The van der Waals surface area contributed by atoms with Crippen LogP contribution >= 0.6 is 11.3 Å². The third kappa shape index (κ3) is 4.22. The highest BCUT2D eigenvalue weighted by atomic mass is 32.1. The molecule has 1 atom stereocenters. The van der Waals surface area contributed by atoms with Crippen LogP contribution in [0.2, 0.25) is 0 Å². The Morgan fingerprint density at radius 1 is 1.20 bits per heavy atom. The summed E-state index contributed by atoms with van der Waals surface area (Å²) in [7, 11) is 0. The largest absolute Gasteiger partial charge is 0.481 e. The summed E-state index contributed by atoms with van der Waals surface area (Å²) in [5, 5.41) is 5.46. The normalized spacial score (nSPS) is 11.8. The SMILES string of the molecule is Cc1csc(-c2ccc(O[C@@H](C)C(=O)Nc3ccccc3F)cc2)n1. The van der Waals surface area contributed by atoms with E-state index in [1.54, 1.807) is 42.5 Å². The Hall–Kier alpha value is -2.73. The number of nitrogens with zero attached hydrogens (tertiary/aromatic N) is 1. The fourth-order valence-electron chi connectivity index (χ4n) is 2.22. The van der Waals surface area contributed by atoms with Crippen LogP contribution in [0.25, 0.3) is 10.6 Å². The molecule has 2 aromatic carbocycles. The van der Waals surface area contributed by atoms with Crippen molar-refractivity contribution in [1.82, 2.24) is 4.98 Å². The first-order chi connectivity index (χ1) is 12.0. The van der Waals surface area contributed by atoms with E-state index in [4.69, 9.17) is 4.74 Å². The van der Waals surface area contributed by atoms with E-state index in [0.717, 1.165) is 16.3 Å². The van der Waals surface area contributed by atoms with E-state index in [-0.39, 0.29) is 5.69 Å². The summed E-state index contributed by atoms with van der Waals surface area (Å²) in [6, 6.07) is 13.4. The van der Waals surface area contributed by atoms with Gasteiger partial charge in [0.05, 0.1) is 5.69 Å². The van der Waals surface area contributed by atoms with E-state index in [9.17, 15) is 9.18 Å². The molecule has 3 aromatic rings. The van der Waals surface area contributed by atoms with Gasteiger partial charge in [-0.05, 0) is 50.2 Å². The zero-order valence-corrected chi connectivity index (χ0v) is 14.6. The van der Waals surface area contributed by atoms with Crippen molar-refractivity contribution in [3.8, 4) is 16.3 Å². The summed E-state index contributed by atoms with van der Waals surface area (Å²) in [4.78, 5) is 16.6. The molecule has 0 spiro atoms. The highest BCUT2D eigenvalue weighted by Gasteiger charge is 2.16. The predicted molar refractivity (Wildman–Crippen MR) is 97.4 cm³/mol. The first kappa shape index (κ1) is 17.1. The third-order valence-electron chi connectivity index (χ3n) is 3.53. The van der Waals surface area contributed by atoms with Crippen LogP contribution in [0, 0.1) is 12.7 Å². The number of amides is 1. The zero-order valence-electron chi connectivity index (χ0n) is 13.8. The summed E-state index contributed by atoms with van der Waals surface area (Å²) in [5.74, 6) is -0.330. The Labute approximate surface area is 149 Å². The highest BCUT2D eigenvalue weighted by Crippen LogP contribution is 2.26. The number of para-hydroxylation sites is 1. The van der Waals surface area contributed by atoms with Crippen molar-refractivity contribution in [1.29, 1.82) is 0 Å². The van der Waals surface area contributed by atoms with Crippen LogP contribution in [-0.4, -0.2) is 17.0 Å². The van der Waals surface area contributed by atoms with Crippen LogP contribution in [0.15, 0.2) is 53.9 Å². The van der Waals surface area contributed by atoms with Crippen molar-refractivity contribution in [2.45, 2.75) is 20.0 Å². The van der Waals surface area contributed by atoms with Crippen molar-refractivity contribution >= 4 is 22.9 Å². The monoisotopic (exact) mass is 356 g/mol. The van der Waals surface area contributed by atoms with Gasteiger partial charge in [-0.25, -0.2) is 9.37 Å². The molecular formula is C19H17FN2O2S. The summed E-state index contributed by atoms with van der Waals surface area (Å²) in [6.45, 7) is 3.57. The summed E-state index contributed by atoms with van der Waals surface area (Å²) in [6.07, 6.45) is -0.757. The lowest BCUT2D eigenvalue weighted by Crippen LogP contribution is -2.30. The number of rotatable bonds is 5. The molecule has 6 heteroatoms. The van der Waals surface area contributed by atoms with Gasteiger partial charge in [-0.15, -0.1) is 11.3 Å². The number of thiazole rings is 1. The Kier molecular flexibility index (Phi) is 5.09. The van der Waals surface area contributed by atoms with E-state index in [1.165, 1.54) is 12.1 Å². The maximum atomic E-state index is 13.6. The molecule has 0 aliphatic heterocycles. The Morgan fingerprint density at radius 3 is 2.56 bits per heavy atom. The summed E-state index contributed by atoms with van der Waals surface area (Å²) < 4.78 is 19.2. The third-order valence-corrected chi connectivity index (χ3v) is 4.54. The van der Waals surface area contributed by atoms with Crippen LogP contribution in [0.4, 0.5) is 10.1 Å². The van der Waals surface area contributed by atoms with E-state index in [2.05, 4.69) is 10.3 Å². The van der Waals surface area contributed by atoms with Gasteiger partial charge in [0.1, 0.15) is 16.6 Å². The van der Waals surface area contributed by atoms with Gasteiger partial charge in [0.25, 0.3) is 5.91 Å². The van der Waals surface area contributed by atoms with E-state index >= 15 is 0 Å². The number of aryl methyl sites for hydroxylation is 1. The molecule has 3 rings (SSSR count). The smallest absolute Gasteiger partial charge is 0.265 e. The molecule has 4 nitrogen and oxygen atoms in total. The second kappa shape index (κ2) is 7.44. The van der Waals surface area contributed by atoms with Gasteiger partial charge >= 0.3 is 0 Å². The van der Waals surface area contributed by atoms with Crippen LogP contribution in [0.5, 0.6) is 5.75 Å². The molecule has 0 unspecified atom stereocenters. The standard InChI is InChI=1S/C19H17FN2O2S/c1-12-11-25-19(21-12)14-7-9-15(10-8-14)24-13(2)18(23)22-17-6-4-3-5-16(17)20/h3-11,13H,1-2H3,(H,22,23)/t13-/m0/s1. The molecule has 0 saturated carbocycles. The number of hydrogen-bond donors (Lipinski definition) is 1. The molecule has 0 fully saturated rings. The van der Waals surface area contributed by atoms with Crippen molar-refractivity contribution in [2.75, 3.05) is 5.32 Å². The molecule has 1 heterocycles. The van der Waals surface area contributed by atoms with Crippen molar-refractivity contribution < 1.29 is 13.9 Å². The van der Waals surface area contributed by atoms with Crippen LogP contribution < -0.4 is 10.1 Å². The average Bonchev–Trinajstić information content (AvgIpc) is 3.04. The van der Waals surface area contributed by atoms with Crippen molar-refractivity contribution in [2.24, 2.45) is 0 Å². The minimum atomic E-state index is -0.757. The number of carbonyl (C=O) groups excluding carboxylic acids is 1. The fraction of sp³-hybridized carbons (Fsp3) is 0.158. The minimum absolute atomic E-state index is 0.137. The van der Waals surface area contributed by atoms with E-state index < -0.39 is 17.8 Å². The number of anilines is 1. The summed E-state index contributed by atoms with van der Waals surface area (Å²) in [5.41, 5.74) is 2.12. The molecule has 0 aliphatic carbocycles. The molecular weight excluding hydrogens is 339 g/mol. The zero-order chi connectivity index (χ0) is 17.8. The van der Waals surface area contributed by atoms with Gasteiger partial charge in [-0.2, -0.15) is 0 Å². The van der Waals surface area contributed by atoms with Crippen LogP contribution in [0.3, 0.4) is 0 Å². The van der Waals surface area contributed by atoms with Gasteiger partial charge in [0.15, 0.2) is 6.10 Å². The molecule has 1 amide bonds. The second-order valence-corrected chi connectivity index (χ2v) is 6.41. The van der Waals surface area contributed by atoms with Crippen molar-refractivity contribution in [3.05, 3.63) is 65.4 Å². The quantitative estimate of drug-likeness (QED) is 0.723. The molecule has 0 radical (unpaired) electrons. The molecule has 0 aliphatic rings. The molecule has 128 valence electrons. The number of aromatic nitrogens is 1. The van der Waals surface area contributed by atoms with Gasteiger partial charge in [-0.3, -0.25) is 4.79 Å². The lowest BCUT2D eigenvalue weighted by atomic mass is 10.2. The lowest BCUT2D eigenvalue weighted by molar-refractivity contribution is -0.122. The van der Waals surface area contributed by atoms with Gasteiger partial charge in [0.2, 0.25) is 0 Å². The lowest BCUT2D eigenvalue weighted by Gasteiger charge is -2.15. The molecule has 25 heavy (non-hydrogen) atoms. The Balaban J connectivity index is 1.63. The maximum absolute atomic E-state index is 13.6. The van der Waals surface area contributed by atoms with Gasteiger partial charge in [0, 0.05) is 16.6 Å². The first-order valence-electron chi connectivity index (χ1n) is 7.77. The van der Waals surface area contributed by atoms with Gasteiger partial charge < -0.3 is 10.1 Å². The Bertz CT molecular complexity index is 877. The molecule has 0 bridgehead atoms. The number of halogens is 1. The average molecular weight is 356 g/mol. The number of nitrogens with one attached hydrogen (secondary N) is 1. The molecule has 0 saturated heterocycles. The van der Waals surface area contributed by atoms with E-state index in [0.29, 0.717) is 5.75 Å². The minimum Gasteiger partial charge on any atom is -0.481 e. The number of hydrogen-bond acceptors (Lipinski definition) is 4. The number of ether oxygens (including phenoxy) is 1. The number of carbonyl (C=O) groups is 1. The maximum Gasteiger partial charge on any atom is 0.265 e.